The van der Waals surface area contributed by atoms with E-state index in [2.05, 4.69) is 5.32 Å². The Kier molecular flexibility index (Phi) is 4.61. The van der Waals surface area contributed by atoms with E-state index < -0.39 is 16.9 Å². The Morgan fingerprint density at radius 3 is 2.37 bits per heavy atom. The monoisotopic (exact) mass is 270 g/mol. The Labute approximate surface area is 115 Å². The van der Waals surface area contributed by atoms with Crippen molar-refractivity contribution < 1.29 is 14.7 Å². The first-order chi connectivity index (χ1) is 8.67. The van der Waals surface area contributed by atoms with Crippen LogP contribution in [0.2, 0.25) is 0 Å². The second-order valence-corrected chi connectivity index (χ2v) is 6.25. The van der Waals surface area contributed by atoms with Gasteiger partial charge in [0.2, 0.25) is 5.91 Å². The zero-order chi connectivity index (χ0) is 14.8. The average Bonchev–Trinajstić information content (AvgIpc) is 2.73. The van der Waals surface area contributed by atoms with Gasteiger partial charge in [0.1, 0.15) is 0 Å². The highest BCUT2D eigenvalue weighted by Gasteiger charge is 2.49. The molecule has 110 valence electrons. The summed E-state index contributed by atoms with van der Waals surface area (Å²) in [6.45, 7) is 11.0. The molecule has 1 fully saturated rings. The van der Waals surface area contributed by atoms with Crippen molar-refractivity contribution in [2.75, 3.05) is 19.6 Å². The maximum atomic E-state index is 12.5. The molecule has 1 unspecified atom stereocenters. The van der Waals surface area contributed by atoms with Crippen LogP contribution in [0.3, 0.4) is 0 Å². The number of rotatable bonds is 5. The summed E-state index contributed by atoms with van der Waals surface area (Å²) in [5, 5.41) is 12.6. The molecule has 1 saturated heterocycles. The molecule has 0 spiro atoms. The number of aliphatic carboxylic acids is 1. The molecule has 0 aromatic carbocycles. The molecule has 1 heterocycles. The van der Waals surface area contributed by atoms with Gasteiger partial charge in [0, 0.05) is 13.1 Å². The number of carboxylic acid groups (broad SMARTS) is 1. The topological polar surface area (TPSA) is 69.6 Å². The summed E-state index contributed by atoms with van der Waals surface area (Å²) in [5.41, 5.74) is -1.43. The van der Waals surface area contributed by atoms with Gasteiger partial charge in [-0.15, -0.1) is 0 Å². The summed E-state index contributed by atoms with van der Waals surface area (Å²) in [7, 11) is 0. The van der Waals surface area contributed by atoms with Gasteiger partial charge in [-0.05, 0) is 32.7 Å². The van der Waals surface area contributed by atoms with Crippen molar-refractivity contribution in [3.05, 3.63) is 0 Å². The predicted octanol–water partition coefficient (Wildman–Crippen LogP) is 1.33. The SMILES string of the molecule is CCNC(C)(C)C(=O)N1CCC(C(=O)O)(C(C)C)C1. The molecule has 1 aliphatic rings. The van der Waals surface area contributed by atoms with E-state index in [-0.39, 0.29) is 11.8 Å². The molecule has 1 atom stereocenters. The molecular formula is C14H26N2O3. The van der Waals surface area contributed by atoms with Crippen LogP contribution in [-0.2, 0) is 9.59 Å². The molecule has 2 N–H and O–H groups in total. The Balaban J connectivity index is 2.86. The molecule has 0 radical (unpaired) electrons. The number of amides is 1. The van der Waals surface area contributed by atoms with Gasteiger partial charge < -0.3 is 15.3 Å². The lowest BCUT2D eigenvalue weighted by Gasteiger charge is -2.32. The highest BCUT2D eigenvalue weighted by Crippen LogP contribution is 2.38. The summed E-state index contributed by atoms with van der Waals surface area (Å²) < 4.78 is 0. The molecule has 5 heteroatoms. The van der Waals surface area contributed by atoms with Crippen molar-refractivity contribution in [1.29, 1.82) is 0 Å². The van der Waals surface area contributed by atoms with Gasteiger partial charge >= 0.3 is 5.97 Å². The van der Waals surface area contributed by atoms with E-state index in [1.807, 2.05) is 34.6 Å². The Bertz CT molecular complexity index is 366. The van der Waals surface area contributed by atoms with Crippen LogP contribution in [0.15, 0.2) is 0 Å². The lowest BCUT2D eigenvalue weighted by molar-refractivity contribution is -0.151. The molecule has 0 aliphatic carbocycles. The number of likely N-dealkylation sites (tertiary alicyclic amines) is 1. The second-order valence-electron chi connectivity index (χ2n) is 6.25. The fourth-order valence-corrected chi connectivity index (χ4v) is 2.81. The average molecular weight is 270 g/mol. The third kappa shape index (κ3) is 2.91. The van der Waals surface area contributed by atoms with Crippen LogP contribution in [0.5, 0.6) is 0 Å². The molecule has 0 bridgehead atoms. The first kappa shape index (κ1) is 16.0. The predicted molar refractivity (Wildman–Crippen MR) is 73.9 cm³/mol. The van der Waals surface area contributed by atoms with Crippen molar-refractivity contribution in [3.8, 4) is 0 Å². The van der Waals surface area contributed by atoms with Crippen molar-refractivity contribution in [3.63, 3.8) is 0 Å². The van der Waals surface area contributed by atoms with Gasteiger partial charge in [0.15, 0.2) is 0 Å². The number of carbonyl (C=O) groups excluding carboxylic acids is 1. The van der Waals surface area contributed by atoms with Gasteiger partial charge in [0.25, 0.3) is 0 Å². The van der Waals surface area contributed by atoms with E-state index in [4.69, 9.17) is 0 Å². The zero-order valence-electron chi connectivity index (χ0n) is 12.6. The fraction of sp³-hybridized carbons (Fsp3) is 0.857. The molecule has 1 rings (SSSR count). The lowest BCUT2D eigenvalue weighted by atomic mass is 9.76. The van der Waals surface area contributed by atoms with Crippen molar-refractivity contribution in [2.24, 2.45) is 11.3 Å². The molecule has 5 nitrogen and oxygen atoms in total. The van der Waals surface area contributed by atoms with Crippen molar-refractivity contribution in [2.45, 2.75) is 46.6 Å². The molecular weight excluding hydrogens is 244 g/mol. The Hall–Kier alpha value is -1.10. The van der Waals surface area contributed by atoms with Gasteiger partial charge in [0.05, 0.1) is 11.0 Å². The van der Waals surface area contributed by atoms with Crippen LogP contribution in [0, 0.1) is 11.3 Å². The minimum Gasteiger partial charge on any atom is -0.481 e. The molecule has 1 amide bonds. The smallest absolute Gasteiger partial charge is 0.311 e. The Morgan fingerprint density at radius 1 is 1.42 bits per heavy atom. The van der Waals surface area contributed by atoms with Crippen LogP contribution < -0.4 is 5.32 Å². The first-order valence-electron chi connectivity index (χ1n) is 6.95. The van der Waals surface area contributed by atoms with Gasteiger partial charge in [-0.2, -0.15) is 0 Å². The van der Waals surface area contributed by atoms with Gasteiger partial charge in [-0.3, -0.25) is 9.59 Å². The maximum Gasteiger partial charge on any atom is 0.311 e. The minimum atomic E-state index is -0.794. The van der Waals surface area contributed by atoms with E-state index in [0.717, 1.165) is 0 Å². The van der Waals surface area contributed by atoms with E-state index in [1.165, 1.54) is 0 Å². The summed E-state index contributed by atoms with van der Waals surface area (Å²) in [4.78, 5) is 25.7. The third-order valence-electron chi connectivity index (χ3n) is 4.27. The highest BCUT2D eigenvalue weighted by atomic mass is 16.4. The number of hydrogen-bond acceptors (Lipinski definition) is 3. The molecule has 0 saturated carbocycles. The largest absolute Gasteiger partial charge is 0.481 e. The number of likely N-dealkylation sites (N-methyl/N-ethyl adjacent to an activating group) is 1. The lowest BCUT2D eigenvalue weighted by Crippen LogP contribution is -2.54. The van der Waals surface area contributed by atoms with Crippen LogP contribution in [-0.4, -0.2) is 47.1 Å². The number of nitrogens with zero attached hydrogens (tertiary/aromatic N) is 1. The van der Waals surface area contributed by atoms with Crippen molar-refractivity contribution in [1.82, 2.24) is 10.2 Å². The summed E-state index contributed by atoms with van der Waals surface area (Å²) >= 11 is 0. The number of carboxylic acids is 1. The number of carbonyl (C=O) groups is 2. The van der Waals surface area contributed by atoms with Crippen LogP contribution in [0.4, 0.5) is 0 Å². The number of nitrogens with one attached hydrogen (secondary N) is 1. The summed E-state index contributed by atoms with van der Waals surface area (Å²) in [6.07, 6.45) is 0.536. The zero-order valence-corrected chi connectivity index (χ0v) is 12.6. The van der Waals surface area contributed by atoms with Gasteiger partial charge in [-0.25, -0.2) is 0 Å². The van der Waals surface area contributed by atoms with E-state index in [1.54, 1.807) is 4.90 Å². The third-order valence-corrected chi connectivity index (χ3v) is 4.27. The van der Waals surface area contributed by atoms with E-state index in [9.17, 15) is 14.7 Å². The van der Waals surface area contributed by atoms with Gasteiger partial charge in [-0.1, -0.05) is 20.8 Å². The first-order valence-corrected chi connectivity index (χ1v) is 6.95. The Morgan fingerprint density at radius 2 is 2.00 bits per heavy atom. The standard InChI is InChI=1S/C14H26N2O3/c1-6-15-13(4,5)11(17)16-8-7-14(9-16,10(2)3)12(18)19/h10,15H,6-9H2,1-5H3,(H,18,19). The highest BCUT2D eigenvalue weighted by molar-refractivity contribution is 5.87. The van der Waals surface area contributed by atoms with Crippen molar-refractivity contribution >= 4 is 11.9 Å². The minimum absolute atomic E-state index is 0.0156. The van der Waals surface area contributed by atoms with Crippen LogP contribution in [0.25, 0.3) is 0 Å². The van der Waals surface area contributed by atoms with Crippen LogP contribution >= 0.6 is 0 Å². The fourth-order valence-electron chi connectivity index (χ4n) is 2.81. The molecule has 19 heavy (non-hydrogen) atoms. The second kappa shape index (κ2) is 5.49. The molecule has 0 aromatic heterocycles. The normalized spacial score (nSPS) is 24.0. The maximum absolute atomic E-state index is 12.5. The van der Waals surface area contributed by atoms with E-state index >= 15 is 0 Å². The summed E-state index contributed by atoms with van der Waals surface area (Å²) in [6, 6.07) is 0. The molecule has 0 aromatic rings. The molecule has 1 aliphatic heterocycles. The van der Waals surface area contributed by atoms with Crippen LogP contribution in [0.1, 0.15) is 41.0 Å². The van der Waals surface area contributed by atoms with E-state index in [0.29, 0.717) is 26.1 Å². The quantitative estimate of drug-likeness (QED) is 0.791. The number of hydrogen-bond donors (Lipinski definition) is 2. The summed E-state index contributed by atoms with van der Waals surface area (Å²) in [5.74, 6) is -0.790.